The molecule has 0 aliphatic carbocycles. The fourth-order valence-electron chi connectivity index (χ4n) is 3.74. The summed E-state index contributed by atoms with van der Waals surface area (Å²) in [5, 5.41) is 8.68. The van der Waals surface area contributed by atoms with E-state index >= 15 is 0 Å². The fourth-order valence-corrected chi connectivity index (χ4v) is 3.96. The molecule has 9 heteroatoms. The van der Waals surface area contributed by atoms with Gasteiger partial charge in [0, 0.05) is 26.7 Å². The average Bonchev–Trinajstić information content (AvgIpc) is 2.83. The van der Waals surface area contributed by atoms with E-state index in [1.165, 1.54) is 4.68 Å². The smallest absolute Gasteiger partial charge is 0.293 e. The lowest BCUT2D eigenvalue weighted by Crippen LogP contribution is -2.46. The second kappa shape index (κ2) is 13.4. The van der Waals surface area contributed by atoms with E-state index in [1.54, 1.807) is 20.4 Å². The number of hydrazine groups is 1. The largest absolute Gasteiger partial charge is 0.493 e. The summed E-state index contributed by atoms with van der Waals surface area (Å²) < 4.78 is 12.3. The summed E-state index contributed by atoms with van der Waals surface area (Å²) in [6.07, 6.45) is 3.22. The molecule has 0 fully saturated rings. The van der Waals surface area contributed by atoms with Crippen LogP contribution in [-0.2, 0) is 13.0 Å². The van der Waals surface area contributed by atoms with Gasteiger partial charge in [-0.15, -0.1) is 0 Å². The van der Waals surface area contributed by atoms with E-state index in [0.29, 0.717) is 41.8 Å². The van der Waals surface area contributed by atoms with E-state index in [-0.39, 0.29) is 5.56 Å². The first-order valence-electron chi connectivity index (χ1n) is 11.6. The minimum atomic E-state index is -0.166. The van der Waals surface area contributed by atoms with Crippen molar-refractivity contribution in [3.05, 3.63) is 45.3 Å². The van der Waals surface area contributed by atoms with Crippen molar-refractivity contribution in [1.82, 2.24) is 19.7 Å². The van der Waals surface area contributed by atoms with Gasteiger partial charge in [0.1, 0.15) is 5.69 Å². The van der Waals surface area contributed by atoms with E-state index in [4.69, 9.17) is 21.1 Å². The van der Waals surface area contributed by atoms with Crippen LogP contribution in [-0.4, -0.2) is 73.7 Å². The van der Waals surface area contributed by atoms with Crippen molar-refractivity contribution in [1.29, 1.82) is 0 Å². The lowest BCUT2D eigenvalue weighted by Gasteiger charge is -2.34. The molecule has 0 spiro atoms. The number of benzene rings is 1. The molecule has 0 N–H and O–H groups in total. The van der Waals surface area contributed by atoms with Crippen molar-refractivity contribution in [2.24, 2.45) is 0 Å². The van der Waals surface area contributed by atoms with Crippen LogP contribution in [0, 0.1) is 0 Å². The first-order valence-corrected chi connectivity index (χ1v) is 11.9. The van der Waals surface area contributed by atoms with Crippen LogP contribution in [0.1, 0.15) is 32.8 Å². The van der Waals surface area contributed by atoms with E-state index in [0.717, 1.165) is 38.0 Å². The molecule has 0 radical (unpaired) electrons. The standard InChI is InChI=1S/C24H38ClN5O3/c1-7-13-30(27(4)14-12-19-10-11-21(32-5)22(17-19)33-6)23-20(25)18-26-29(24(23)31)16-15-28(8-2)9-3/h10-11,17-18H,7-9,12-16H2,1-6H3. The maximum atomic E-state index is 13.3. The summed E-state index contributed by atoms with van der Waals surface area (Å²) in [5.41, 5.74) is 1.43. The Morgan fingerprint density at radius 3 is 2.33 bits per heavy atom. The highest BCUT2D eigenvalue weighted by Gasteiger charge is 2.21. The average molecular weight is 480 g/mol. The van der Waals surface area contributed by atoms with E-state index in [1.807, 2.05) is 30.3 Å². The zero-order chi connectivity index (χ0) is 24.4. The molecule has 184 valence electrons. The molecule has 0 amide bonds. The third-order valence-electron chi connectivity index (χ3n) is 5.77. The molecule has 0 aliphatic rings. The molecule has 2 rings (SSSR count). The molecule has 0 saturated heterocycles. The number of halogens is 1. The first-order chi connectivity index (χ1) is 15.9. The minimum absolute atomic E-state index is 0.166. The SMILES string of the molecule is CCCN(c1c(Cl)cnn(CCN(CC)CC)c1=O)N(C)CCc1ccc(OC)c(OC)c1. The molecule has 1 aromatic carbocycles. The lowest BCUT2D eigenvalue weighted by atomic mass is 10.1. The zero-order valence-corrected chi connectivity index (χ0v) is 21.6. The Kier molecular flexibility index (Phi) is 11.0. The third kappa shape index (κ3) is 7.09. The molecular formula is C24H38ClN5O3. The van der Waals surface area contributed by atoms with Crippen LogP contribution in [0.15, 0.2) is 29.2 Å². The van der Waals surface area contributed by atoms with Crippen LogP contribution in [0.4, 0.5) is 5.69 Å². The molecular weight excluding hydrogens is 442 g/mol. The number of likely N-dealkylation sites (N-methyl/N-ethyl adjacent to an activating group) is 2. The monoisotopic (exact) mass is 479 g/mol. The maximum absolute atomic E-state index is 13.3. The van der Waals surface area contributed by atoms with Crippen LogP contribution in [0.5, 0.6) is 11.5 Å². The number of ether oxygens (including phenoxy) is 2. The molecule has 0 aliphatic heterocycles. The Morgan fingerprint density at radius 2 is 1.73 bits per heavy atom. The summed E-state index contributed by atoms with van der Waals surface area (Å²) >= 11 is 6.50. The topological polar surface area (TPSA) is 63.1 Å². The normalized spacial score (nSPS) is 11.3. The van der Waals surface area contributed by atoms with Crippen LogP contribution in [0.25, 0.3) is 0 Å². The fraction of sp³-hybridized carbons (Fsp3) is 0.583. The highest BCUT2D eigenvalue weighted by Crippen LogP contribution is 2.28. The number of nitrogens with zero attached hydrogens (tertiary/aromatic N) is 5. The van der Waals surface area contributed by atoms with Crippen LogP contribution >= 0.6 is 11.6 Å². The summed E-state index contributed by atoms with van der Waals surface area (Å²) in [5.74, 6) is 1.41. The van der Waals surface area contributed by atoms with Gasteiger partial charge in [-0.05, 0) is 43.6 Å². The van der Waals surface area contributed by atoms with Gasteiger partial charge in [-0.2, -0.15) is 5.10 Å². The van der Waals surface area contributed by atoms with E-state index in [2.05, 4.69) is 35.8 Å². The van der Waals surface area contributed by atoms with Gasteiger partial charge < -0.3 is 14.4 Å². The molecule has 33 heavy (non-hydrogen) atoms. The van der Waals surface area contributed by atoms with Crippen LogP contribution in [0.3, 0.4) is 0 Å². The summed E-state index contributed by atoms with van der Waals surface area (Å²) in [7, 11) is 5.24. The predicted molar refractivity (Wildman–Crippen MR) is 135 cm³/mol. The number of hydrogen-bond donors (Lipinski definition) is 0. The predicted octanol–water partition coefficient (Wildman–Crippen LogP) is 3.56. The summed E-state index contributed by atoms with van der Waals surface area (Å²) in [6.45, 7) is 10.9. The van der Waals surface area contributed by atoms with Crippen molar-refractivity contribution in [3.63, 3.8) is 0 Å². The molecule has 0 bridgehead atoms. The number of anilines is 1. The van der Waals surface area contributed by atoms with Crippen LogP contribution in [0.2, 0.25) is 5.02 Å². The highest BCUT2D eigenvalue weighted by molar-refractivity contribution is 6.33. The van der Waals surface area contributed by atoms with Gasteiger partial charge in [0.15, 0.2) is 11.5 Å². The van der Waals surface area contributed by atoms with Gasteiger partial charge in [0.05, 0.1) is 32.0 Å². The molecule has 0 unspecified atom stereocenters. The zero-order valence-electron chi connectivity index (χ0n) is 20.8. The quantitative estimate of drug-likeness (QED) is 0.384. The third-order valence-corrected chi connectivity index (χ3v) is 6.05. The molecule has 0 atom stereocenters. The Bertz CT molecular complexity index is 933. The van der Waals surface area contributed by atoms with E-state index in [9.17, 15) is 4.79 Å². The second-order valence-corrected chi connectivity index (χ2v) is 8.25. The number of rotatable bonds is 14. The van der Waals surface area contributed by atoms with Gasteiger partial charge in [-0.1, -0.05) is 38.4 Å². The number of methoxy groups -OCH3 is 2. The second-order valence-electron chi connectivity index (χ2n) is 7.84. The number of aromatic nitrogens is 2. The van der Waals surface area contributed by atoms with Gasteiger partial charge in [0.25, 0.3) is 5.56 Å². The van der Waals surface area contributed by atoms with Gasteiger partial charge in [0.2, 0.25) is 0 Å². The van der Waals surface area contributed by atoms with Gasteiger partial charge in [-0.25, -0.2) is 9.69 Å². The molecule has 2 aromatic rings. The highest BCUT2D eigenvalue weighted by atomic mass is 35.5. The van der Waals surface area contributed by atoms with Crippen molar-refractivity contribution in [2.75, 3.05) is 59.0 Å². The van der Waals surface area contributed by atoms with Crippen LogP contribution < -0.4 is 20.0 Å². The summed E-state index contributed by atoms with van der Waals surface area (Å²) in [6, 6.07) is 5.92. The molecule has 1 aromatic heterocycles. The molecule has 0 saturated carbocycles. The van der Waals surface area contributed by atoms with Crippen molar-refractivity contribution in [3.8, 4) is 11.5 Å². The van der Waals surface area contributed by atoms with Crippen molar-refractivity contribution >= 4 is 17.3 Å². The Hall–Kier alpha value is -2.29. The minimum Gasteiger partial charge on any atom is -0.493 e. The molecule has 1 heterocycles. The maximum Gasteiger partial charge on any atom is 0.293 e. The van der Waals surface area contributed by atoms with Crippen molar-refractivity contribution < 1.29 is 9.47 Å². The first kappa shape index (κ1) is 27.0. The van der Waals surface area contributed by atoms with Crippen molar-refractivity contribution in [2.45, 2.75) is 40.2 Å². The lowest BCUT2D eigenvalue weighted by molar-refractivity contribution is 0.280. The Morgan fingerprint density at radius 1 is 1.03 bits per heavy atom. The Balaban J connectivity index is 2.22. The van der Waals surface area contributed by atoms with Gasteiger partial charge >= 0.3 is 0 Å². The Labute approximate surface area is 202 Å². The van der Waals surface area contributed by atoms with E-state index < -0.39 is 0 Å². The molecule has 8 nitrogen and oxygen atoms in total. The van der Waals surface area contributed by atoms with Gasteiger partial charge in [-0.3, -0.25) is 9.80 Å². The summed E-state index contributed by atoms with van der Waals surface area (Å²) in [4.78, 5) is 15.6. The number of hydrogen-bond acceptors (Lipinski definition) is 7.